The average Bonchev–Trinajstić information content (AvgIpc) is 2.96. The van der Waals surface area contributed by atoms with E-state index in [4.69, 9.17) is 4.74 Å². The Balaban J connectivity index is 1.45. The first kappa shape index (κ1) is 15.6. The van der Waals surface area contributed by atoms with Gasteiger partial charge in [0.05, 0.1) is 13.0 Å². The first-order chi connectivity index (χ1) is 11.2. The van der Waals surface area contributed by atoms with E-state index in [1.807, 2.05) is 54.7 Å². The number of hydrogen-bond donors (Lipinski definition) is 2. The zero-order chi connectivity index (χ0) is 16.1. The number of para-hydroxylation sites is 1. The summed E-state index contributed by atoms with van der Waals surface area (Å²) in [6.07, 6.45) is 2.25. The lowest BCUT2D eigenvalue weighted by atomic mass is 10.1. The molecule has 3 aromatic rings. The minimum absolute atomic E-state index is 0.00541. The van der Waals surface area contributed by atoms with Crippen molar-refractivity contribution in [3.63, 3.8) is 0 Å². The number of halogens is 1. The largest absolute Gasteiger partial charge is 0.492 e. The maximum atomic E-state index is 12.0. The van der Waals surface area contributed by atoms with Crippen molar-refractivity contribution >= 4 is 32.7 Å². The number of carbonyl (C=O) groups is 1. The van der Waals surface area contributed by atoms with Crippen molar-refractivity contribution in [1.82, 2.24) is 10.3 Å². The van der Waals surface area contributed by atoms with Crippen LogP contribution in [-0.2, 0) is 11.2 Å². The standard InChI is InChI=1S/C18H17BrN2O2/c19-14-5-7-15(8-6-14)23-10-9-20-18(22)11-13-12-21-17-4-2-1-3-16(13)17/h1-8,12,21H,9-11H2,(H,20,22). The molecule has 0 unspecified atom stereocenters. The maximum absolute atomic E-state index is 12.0. The van der Waals surface area contributed by atoms with Gasteiger partial charge in [-0.25, -0.2) is 0 Å². The van der Waals surface area contributed by atoms with Crippen LogP contribution in [0.4, 0.5) is 0 Å². The zero-order valence-corrected chi connectivity index (χ0v) is 14.1. The molecule has 23 heavy (non-hydrogen) atoms. The van der Waals surface area contributed by atoms with E-state index in [1.54, 1.807) is 0 Å². The van der Waals surface area contributed by atoms with Gasteiger partial charge in [0.2, 0.25) is 5.91 Å². The van der Waals surface area contributed by atoms with Gasteiger partial charge in [0.1, 0.15) is 12.4 Å². The number of aromatic amines is 1. The van der Waals surface area contributed by atoms with E-state index >= 15 is 0 Å². The summed E-state index contributed by atoms with van der Waals surface area (Å²) in [6, 6.07) is 15.6. The first-order valence-corrected chi connectivity index (χ1v) is 8.22. The van der Waals surface area contributed by atoms with Crippen LogP contribution in [0.2, 0.25) is 0 Å². The lowest BCUT2D eigenvalue weighted by Gasteiger charge is -2.07. The number of H-pyrrole nitrogens is 1. The summed E-state index contributed by atoms with van der Waals surface area (Å²) >= 11 is 3.38. The van der Waals surface area contributed by atoms with Gasteiger partial charge in [-0.1, -0.05) is 34.1 Å². The minimum atomic E-state index is -0.00541. The highest BCUT2D eigenvalue weighted by atomic mass is 79.9. The maximum Gasteiger partial charge on any atom is 0.224 e. The minimum Gasteiger partial charge on any atom is -0.492 e. The molecule has 0 atom stereocenters. The van der Waals surface area contributed by atoms with E-state index in [0.29, 0.717) is 19.6 Å². The molecule has 0 radical (unpaired) electrons. The van der Waals surface area contributed by atoms with Gasteiger partial charge in [-0.05, 0) is 35.9 Å². The molecule has 3 rings (SSSR count). The van der Waals surface area contributed by atoms with E-state index in [0.717, 1.165) is 26.7 Å². The van der Waals surface area contributed by atoms with E-state index < -0.39 is 0 Å². The van der Waals surface area contributed by atoms with Crippen LogP contribution >= 0.6 is 15.9 Å². The number of ether oxygens (including phenoxy) is 1. The molecule has 0 spiro atoms. The van der Waals surface area contributed by atoms with Crippen LogP contribution < -0.4 is 10.1 Å². The predicted octanol–water partition coefficient (Wildman–Crippen LogP) is 3.67. The molecule has 5 heteroatoms. The number of carbonyl (C=O) groups excluding carboxylic acids is 1. The van der Waals surface area contributed by atoms with Crippen molar-refractivity contribution in [2.45, 2.75) is 6.42 Å². The van der Waals surface area contributed by atoms with Crippen LogP contribution in [0.1, 0.15) is 5.56 Å². The summed E-state index contributed by atoms with van der Waals surface area (Å²) in [7, 11) is 0. The molecule has 0 saturated heterocycles. The van der Waals surface area contributed by atoms with Crippen molar-refractivity contribution in [3.05, 3.63) is 64.8 Å². The highest BCUT2D eigenvalue weighted by Gasteiger charge is 2.08. The second kappa shape index (κ2) is 7.33. The van der Waals surface area contributed by atoms with Gasteiger partial charge in [0.15, 0.2) is 0 Å². The highest BCUT2D eigenvalue weighted by molar-refractivity contribution is 9.10. The van der Waals surface area contributed by atoms with Crippen molar-refractivity contribution < 1.29 is 9.53 Å². The monoisotopic (exact) mass is 372 g/mol. The van der Waals surface area contributed by atoms with Crippen LogP contribution in [0, 0.1) is 0 Å². The fraction of sp³-hybridized carbons (Fsp3) is 0.167. The molecule has 1 heterocycles. The first-order valence-electron chi connectivity index (χ1n) is 7.42. The second-order valence-electron chi connectivity index (χ2n) is 5.19. The quantitative estimate of drug-likeness (QED) is 0.648. The Labute approximate surface area is 143 Å². The SMILES string of the molecule is O=C(Cc1c[nH]c2ccccc12)NCCOc1ccc(Br)cc1. The van der Waals surface area contributed by atoms with Gasteiger partial charge < -0.3 is 15.0 Å². The Morgan fingerprint density at radius 2 is 1.91 bits per heavy atom. The Kier molecular flexibility index (Phi) is 4.98. The second-order valence-corrected chi connectivity index (χ2v) is 6.10. The van der Waals surface area contributed by atoms with Crippen molar-refractivity contribution in [3.8, 4) is 5.75 Å². The Bertz CT molecular complexity index is 796. The molecule has 0 aliphatic carbocycles. The molecule has 118 valence electrons. The van der Waals surface area contributed by atoms with Crippen molar-refractivity contribution in [2.24, 2.45) is 0 Å². The summed E-state index contributed by atoms with van der Waals surface area (Å²) in [6.45, 7) is 0.929. The van der Waals surface area contributed by atoms with Crippen LogP contribution in [0.3, 0.4) is 0 Å². The Morgan fingerprint density at radius 3 is 2.74 bits per heavy atom. The van der Waals surface area contributed by atoms with Gasteiger partial charge in [0, 0.05) is 21.6 Å². The van der Waals surface area contributed by atoms with Gasteiger partial charge in [-0.15, -0.1) is 0 Å². The molecule has 0 saturated carbocycles. The third-order valence-corrected chi connectivity index (χ3v) is 4.06. The van der Waals surface area contributed by atoms with E-state index in [-0.39, 0.29) is 5.91 Å². The molecule has 4 nitrogen and oxygen atoms in total. The summed E-state index contributed by atoms with van der Waals surface area (Å²) < 4.78 is 6.59. The van der Waals surface area contributed by atoms with Gasteiger partial charge in [0.25, 0.3) is 0 Å². The van der Waals surface area contributed by atoms with Crippen LogP contribution in [0.25, 0.3) is 10.9 Å². The molecule has 0 fully saturated rings. The van der Waals surface area contributed by atoms with Crippen molar-refractivity contribution in [1.29, 1.82) is 0 Å². The lowest BCUT2D eigenvalue weighted by Crippen LogP contribution is -2.29. The summed E-state index contributed by atoms with van der Waals surface area (Å²) in [4.78, 5) is 15.2. The normalized spacial score (nSPS) is 10.7. The van der Waals surface area contributed by atoms with E-state index in [1.165, 1.54) is 0 Å². The van der Waals surface area contributed by atoms with Gasteiger partial charge in [-0.3, -0.25) is 4.79 Å². The predicted molar refractivity (Wildman–Crippen MR) is 94.6 cm³/mol. The molecule has 0 aliphatic rings. The Hall–Kier alpha value is -2.27. The number of benzene rings is 2. The molecule has 2 aromatic carbocycles. The molecule has 0 aliphatic heterocycles. The number of fused-ring (bicyclic) bond motifs is 1. The fourth-order valence-electron chi connectivity index (χ4n) is 2.40. The number of hydrogen-bond acceptors (Lipinski definition) is 2. The molecular formula is C18H17BrN2O2. The smallest absolute Gasteiger partial charge is 0.224 e. The Morgan fingerprint density at radius 1 is 1.13 bits per heavy atom. The molecular weight excluding hydrogens is 356 g/mol. The lowest BCUT2D eigenvalue weighted by molar-refractivity contribution is -0.120. The topological polar surface area (TPSA) is 54.1 Å². The highest BCUT2D eigenvalue weighted by Crippen LogP contribution is 2.18. The van der Waals surface area contributed by atoms with Crippen LogP contribution in [-0.4, -0.2) is 24.0 Å². The van der Waals surface area contributed by atoms with Gasteiger partial charge in [-0.2, -0.15) is 0 Å². The van der Waals surface area contributed by atoms with E-state index in [9.17, 15) is 4.79 Å². The molecule has 1 aromatic heterocycles. The number of aromatic nitrogens is 1. The van der Waals surface area contributed by atoms with E-state index in [2.05, 4.69) is 26.2 Å². The summed E-state index contributed by atoms with van der Waals surface area (Å²) in [5.74, 6) is 0.785. The molecule has 2 N–H and O–H groups in total. The summed E-state index contributed by atoms with van der Waals surface area (Å²) in [5, 5.41) is 3.97. The number of nitrogens with one attached hydrogen (secondary N) is 2. The third kappa shape index (κ3) is 4.13. The summed E-state index contributed by atoms with van der Waals surface area (Å²) in [5.41, 5.74) is 2.06. The molecule has 0 bridgehead atoms. The van der Waals surface area contributed by atoms with Gasteiger partial charge >= 0.3 is 0 Å². The third-order valence-electron chi connectivity index (χ3n) is 3.53. The van der Waals surface area contributed by atoms with Crippen LogP contribution in [0.15, 0.2) is 59.2 Å². The zero-order valence-electron chi connectivity index (χ0n) is 12.5. The average molecular weight is 373 g/mol. The molecule has 1 amide bonds. The fourth-order valence-corrected chi connectivity index (χ4v) is 2.67. The number of rotatable bonds is 6. The number of amides is 1. The van der Waals surface area contributed by atoms with Crippen LogP contribution in [0.5, 0.6) is 5.75 Å². The van der Waals surface area contributed by atoms with Crippen molar-refractivity contribution in [2.75, 3.05) is 13.2 Å².